The van der Waals surface area contributed by atoms with Crippen molar-refractivity contribution in [2.45, 2.75) is 12.5 Å². The van der Waals surface area contributed by atoms with Gasteiger partial charge in [0.05, 0.1) is 0 Å². The van der Waals surface area contributed by atoms with E-state index in [9.17, 15) is 4.39 Å². The van der Waals surface area contributed by atoms with Crippen LogP contribution in [-0.2, 0) is 6.42 Å². The van der Waals surface area contributed by atoms with Crippen LogP contribution in [0, 0.1) is 5.82 Å². The monoisotopic (exact) mass is 419 g/mol. The fraction of sp³-hybridized carbons (Fsp3) is 0.200. The highest BCUT2D eigenvalue weighted by Gasteiger charge is 2.16. The van der Waals surface area contributed by atoms with Gasteiger partial charge >= 0.3 is 0 Å². The number of hydrogen-bond donors (Lipinski definition) is 1. The molecule has 0 saturated heterocycles. The highest BCUT2D eigenvalue weighted by atomic mass is 79.9. The van der Waals surface area contributed by atoms with Crippen molar-refractivity contribution >= 4 is 43.5 Å². The summed E-state index contributed by atoms with van der Waals surface area (Å²) < 4.78 is 15.6. The fourth-order valence-corrected chi connectivity index (χ4v) is 3.09. The van der Waals surface area contributed by atoms with E-state index < -0.39 is 0 Å². The molecule has 106 valence electrons. The van der Waals surface area contributed by atoms with Gasteiger partial charge in [-0.2, -0.15) is 0 Å². The van der Waals surface area contributed by atoms with Gasteiger partial charge in [-0.05, 0) is 54.9 Å². The van der Waals surface area contributed by atoms with Crippen LogP contribution >= 0.6 is 43.5 Å². The van der Waals surface area contributed by atoms with Crippen LogP contribution in [-0.4, -0.2) is 7.05 Å². The predicted molar refractivity (Wildman–Crippen MR) is 88.8 cm³/mol. The smallest absolute Gasteiger partial charge is 0.127 e. The molecule has 20 heavy (non-hydrogen) atoms. The van der Waals surface area contributed by atoms with Crippen molar-refractivity contribution in [1.82, 2.24) is 5.32 Å². The van der Waals surface area contributed by atoms with Crippen molar-refractivity contribution in [3.63, 3.8) is 0 Å². The van der Waals surface area contributed by atoms with Gasteiger partial charge in [0, 0.05) is 20.0 Å². The Bertz CT molecular complexity index is 619. The first-order valence-corrected chi connectivity index (χ1v) is 8.04. The molecule has 1 N–H and O–H groups in total. The van der Waals surface area contributed by atoms with Gasteiger partial charge in [0.1, 0.15) is 5.82 Å². The van der Waals surface area contributed by atoms with Crippen molar-refractivity contribution < 1.29 is 4.39 Å². The van der Waals surface area contributed by atoms with E-state index in [1.807, 2.05) is 31.3 Å². The molecule has 0 radical (unpaired) electrons. The molecule has 0 aliphatic heterocycles. The van der Waals surface area contributed by atoms with Gasteiger partial charge in [-0.3, -0.25) is 0 Å². The molecule has 5 heteroatoms. The molecule has 0 spiro atoms. The molecule has 0 aromatic heterocycles. The third kappa shape index (κ3) is 3.82. The van der Waals surface area contributed by atoms with Crippen LogP contribution in [0.1, 0.15) is 17.2 Å². The molecule has 1 unspecified atom stereocenters. The lowest BCUT2D eigenvalue weighted by molar-refractivity contribution is 0.552. The largest absolute Gasteiger partial charge is 0.313 e. The first-order chi connectivity index (χ1) is 9.51. The zero-order valence-corrected chi connectivity index (χ0v) is 14.7. The van der Waals surface area contributed by atoms with Gasteiger partial charge in [0.25, 0.3) is 0 Å². The fourth-order valence-electron chi connectivity index (χ4n) is 2.06. The van der Waals surface area contributed by atoms with E-state index in [-0.39, 0.29) is 11.9 Å². The second-order valence-corrected chi connectivity index (χ2v) is 6.65. The highest BCUT2D eigenvalue weighted by Crippen LogP contribution is 2.29. The van der Waals surface area contributed by atoms with Crippen molar-refractivity contribution in [1.29, 1.82) is 0 Å². The Morgan fingerprint density at radius 3 is 2.60 bits per heavy atom. The third-order valence-corrected chi connectivity index (χ3v) is 4.57. The molecular formula is C15H13Br2ClFN. The van der Waals surface area contributed by atoms with Gasteiger partial charge < -0.3 is 5.32 Å². The Kier molecular flexibility index (Phi) is 5.61. The molecule has 0 saturated carbocycles. The van der Waals surface area contributed by atoms with E-state index in [4.69, 9.17) is 11.6 Å². The van der Waals surface area contributed by atoms with Crippen molar-refractivity contribution in [3.05, 3.63) is 67.3 Å². The Hall–Kier alpha value is -0.420. The number of halogens is 4. The molecule has 2 rings (SSSR count). The van der Waals surface area contributed by atoms with Crippen molar-refractivity contribution in [2.75, 3.05) is 7.05 Å². The first kappa shape index (κ1) is 16.0. The molecule has 1 nitrogen and oxygen atoms in total. The zero-order chi connectivity index (χ0) is 14.7. The third-order valence-electron chi connectivity index (χ3n) is 3.12. The topological polar surface area (TPSA) is 12.0 Å². The van der Waals surface area contributed by atoms with Crippen LogP contribution in [0.2, 0.25) is 5.02 Å². The summed E-state index contributed by atoms with van der Waals surface area (Å²) in [6.07, 6.45) is 0.550. The van der Waals surface area contributed by atoms with Gasteiger partial charge in [-0.15, -0.1) is 0 Å². The Labute approximate surface area is 139 Å². The summed E-state index contributed by atoms with van der Waals surface area (Å²) in [5, 5.41) is 3.88. The van der Waals surface area contributed by atoms with E-state index in [0.29, 0.717) is 17.0 Å². The van der Waals surface area contributed by atoms with Crippen LogP contribution in [0.3, 0.4) is 0 Å². The molecular weight excluding hydrogens is 408 g/mol. The summed E-state index contributed by atoms with van der Waals surface area (Å²) in [7, 11) is 1.86. The molecule has 0 aliphatic rings. The lowest BCUT2D eigenvalue weighted by Crippen LogP contribution is -2.20. The maximum atomic E-state index is 13.9. The quantitative estimate of drug-likeness (QED) is 0.687. The average Bonchev–Trinajstić information content (AvgIpc) is 2.41. The highest BCUT2D eigenvalue weighted by molar-refractivity contribution is 9.10. The second-order valence-electron chi connectivity index (χ2n) is 4.45. The summed E-state index contributed by atoms with van der Waals surface area (Å²) in [5.74, 6) is -0.210. The number of hydrogen-bond acceptors (Lipinski definition) is 1. The van der Waals surface area contributed by atoms with Gasteiger partial charge in [0.15, 0.2) is 0 Å². The maximum Gasteiger partial charge on any atom is 0.127 e. The molecule has 0 bridgehead atoms. The van der Waals surface area contributed by atoms with Crippen molar-refractivity contribution in [3.8, 4) is 0 Å². The average molecular weight is 422 g/mol. The van der Waals surface area contributed by atoms with Crippen LogP contribution in [0.5, 0.6) is 0 Å². The van der Waals surface area contributed by atoms with Gasteiger partial charge in [-0.25, -0.2) is 4.39 Å². The molecule has 0 aliphatic carbocycles. The molecule has 0 heterocycles. The minimum atomic E-state index is -0.210. The van der Waals surface area contributed by atoms with Gasteiger partial charge in [0.2, 0.25) is 0 Å². The maximum absolute atomic E-state index is 13.9. The number of likely N-dealkylation sites (N-methyl/N-ethyl adjacent to an activating group) is 1. The minimum absolute atomic E-state index is 0.0150. The summed E-state index contributed by atoms with van der Waals surface area (Å²) in [6, 6.07) is 10.7. The summed E-state index contributed by atoms with van der Waals surface area (Å²) >= 11 is 12.8. The Morgan fingerprint density at radius 1 is 1.20 bits per heavy atom. The number of benzene rings is 2. The number of rotatable bonds is 4. The molecule has 0 fully saturated rings. The molecule has 0 amide bonds. The van der Waals surface area contributed by atoms with E-state index >= 15 is 0 Å². The van der Waals surface area contributed by atoms with E-state index in [2.05, 4.69) is 37.2 Å². The zero-order valence-electron chi connectivity index (χ0n) is 10.8. The van der Waals surface area contributed by atoms with Crippen LogP contribution in [0.15, 0.2) is 45.3 Å². The van der Waals surface area contributed by atoms with Crippen LogP contribution in [0.25, 0.3) is 0 Å². The van der Waals surface area contributed by atoms with E-state index in [1.54, 1.807) is 6.07 Å². The first-order valence-electron chi connectivity index (χ1n) is 6.07. The summed E-state index contributed by atoms with van der Waals surface area (Å²) in [6.45, 7) is 0. The van der Waals surface area contributed by atoms with Crippen molar-refractivity contribution in [2.24, 2.45) is 0 Å². The lowest BCUT2D eigenvalue weighted by atomic mass is 9.99. The lowest BCUT2D eigenvalue weighted by Gasteiger charge is -2.19. The predicted octanol–water partition coefficient (Wildman–Crippen LogP) is 5.51. The summed E-state index contributed by atoms with van der Waals surface area (Å²) in [5.41, 5.74) is 1.68. The van der Waals surface area contributed by atoms with E-state index in [1.165, 1.54) is 6.07 Å². The molecule has 2 aromatic rings. The molecule has 1 atom stereocenters. The standard InChI is InChI=1S/C15H13Br2ClFN/c1-20-15(12-8-11(18)4-5-13(12)17)6-9-2-3-10(16)7-14(9)19/h2-5,7-8,15,20H,6H2,1H3. The number of nitrogens with one attached hydrogen (secondary N) is 1. The normalized spacial score (nSPS) is 12.4. The summed E-state index contributed by atoms with van der Waals surface area (Å²) in [4.78, 5) is 0. The molecule has 2 aromatic carbocycles. The van der Waals surface area contributed by atoms with Crippen LogP contribution < -0.4 is 5.32 Å². The minimum Gasteiger partial charge on any atom is -0.313 e. The van der Waals surface area contributed by atoms with E-state index in [0.717, 1.165) is 14.5 Å². The van der Waals surface area contributed by atoms with Gasteiger partial charge in [-0.1, -0.05) is 49.5 Å². The second kappa shape index (κ2) is 7.03. The Balaban J connectivity index is 2.31. The SMILES string of the molecule is CNC(Cc1ccc(Br)cc1F)c1cc(Cl)ccc1Br. The Morgan fingerprint density at radius 2 is 1.95 bits per heavy atom. The van der Waals surface area contributed by atoms with Crippen LogP contribution in [0.4, 0.5) is 4.39 Å².